The van der Waals surface area contributed by atoms with E-state index in [4.69, 9.17) is 14.2 Å². The number of carbonyl (C=O) groups is 1. The van der Waals surface area contributed by atoms with Gasteiger partial charge in [0, 0.05) is 23.8 Å². The van der Waals surface area contributed by atoms with Crippen LogP contribution in [0.3, 0.4) is 0 Å². The lowest BCUT2D eigenvalue weighted by Crippen LogP contribution is -2.03. The minimum absolute atomic E-state index is 0.0794. The quantitative estimate of drug-likeness (QED) is 0.122. The third-order valence-corrected chi connectivity index (χ3v) is 4.56. The van der Waals surface area contributed by atoms with E-state index in [0.717, 1.165) is 22.4 Å². The molecule has 32 heavy (non-hydrogen) atoms. The molecule has 0 unspecified atom stereocenters. The van der Waals surface area contributed by atoms with Crippen LogP contribution in [-0.2, 0) is 4.79 Å². The van der Waals surface area contributed by atoms with Gasteiger partial charge in [0.1, 0.15) is 17.2 Å². The Labute approximate surface area is 185 Å². The van der Waals surface area contributed by atoms with Crippen molar-refractivity contribution in [1.82, 2.24) is 0 Å². The largest absolute Gasteiger partial charge is 0.497 e. The maximum Gasteiger partial charge on any atom is 0.336 e. The first-order chi connectivity index (χ1) is 15.5. The highest BCUT2D eigenvalue weighted by atomic mass is 16.6. The van der Waals surface area contributed by atoms with Crippen LogP contribution in [0.1, 0.15) is 11.1 Å². The number of hydrogen-bond donors (Lipinski definition) is 0. The Morgan fingerprint density at radius 1 is 0.875 bits per heavy atom. The van der Waals surface area contributed by atoms with Crippen LogP contribution in [0.25, 0.3) is 5.57 Å². The van der Waals surface area contributed by atoms with Crippen LogP contribution in [0.2, 0.25) is 0 Å². The molecule has 0 bridgehead atoms. The third kappa shape index (κ3) is 5.60. The van der Waals surface area contributed by atoms with Crippen molar-refractivity contribution in [2.45, 2.75) is 0 Å². The molecule has 0 fully saturated rings. The van der Waals surface area contributed by atoms with Crippen molar-refractivity contribution in [2.75, 3.05) is 14.2 Å². The van der Waals surface area contributed by atoms with E-state index in [2.05, 4.69) is 0 Å². The third-order valence-electron chi connectivity index (χ3n) is 4.56. The van der Waals surface area contributed by atoms with E-state index in [0.29, 0.717) is 5.75 Å². The molecule has 0 aliphatic carbocycles. The topological polar surface area (TPSA) is 87.9 Å². The summed E-state index contributed by atoms with van der Waals surface area (Å²) >= 11 is 0. The second-order valence-electron chi connectivity index (χ2n) is 6.54. The highest BCUT2D eigenvalue weighted by molar-refractivity contribution is 5.87. The van der Waals surface area contributed by atoms with Gasteiger partial charge in [0.15, 0.2) is 0 Å². The minimum atomic E-state index is -0.607. The van der Waals surface area contributed by atoms with Crippen molar-refractivity contribution < 1.29 is 23.9 Å². The summed E-state index contributed by atoms with van der Waals surface area (Å²) in [5.41, 5.74) is 2.52. The number of nitrogens with zero attached hydrogens (tertiary/aromatic N) is 1. The zero-order valence-corrected chi connectivity index (χ0v) is 17.6. The van der Waals surface area contributed by atoms with Crippen LogP contribution < -0.4 is 14.2 Å². The second-order valence-corrected chi connectivity index (χ2v) is 6.54. The number of hydrogen-bond acceptors (Lipinski definition) is 6. The van der Waals surface area contributed by atoms with Gasteiger partial charge in [0.05, 0.1) is 19.1 Å². The van der Waals surface area contributed by atoms with Gasteiger partial charge in [-0.1, -0.05) is 42.5 Å². The summed E-state index contributed by atoms with van der Waals surface area (Å²) in [6, 6.07) is 20.4. The zero-order valence-electron chi connectivity index (χ0n) is 17.6. The molecule has 3 aromatic rings. The van der Waals surface area contributed by atoms with Gasteiger partial charge in [-0.15, -0.1) is 0 Å². The molecule has 0 N–H and O–H groups in total. The molecule has 0 atom stereocenters. The summed E-state index contributed by atoms with van der Waals surface area (Å²) < 4.78 is 15.9. The number of non-ortho nitro benzene ring substituents is 1. The Kier molecular flexibility index (Phi) is 7.37. The Hall–Kier alpha value is -4.39. The fraction of sp³-hybridized carbons (Fsp3) is 0.0800. The lowest BCUT2D eigenvalue weighted by atomic mass is 9.96. The maximum absolute atomic E-state index is 12.2. The van der Waals surface area contributed by atoms with Crippen molar-refractivity contribution in [1.29, 1.82) is 0 Å². The lowest BCUT2D eigenvalue weighted by Gasteiger charge is -2.13. The van der Waals surface area contributed by atoms with E-state index < -0.39 is 10.9 Å². The number of methoxy groups -OCH3 is 2. The Morgan fingerprint density at radius 2 is 1.53 bits per heavy atom. The fourth-order valence-corrected chi connectivity index (χ4v) is 2.99. The summed E-state index contributed by atoms with van der Waals surface area (Å²) in [4.78, 5) is 22.4. The lowest BCUT2D eigenvalue weighted by molar-refractivity contribution is -0.384. The molecule has 0 saturated heterocycles. The van der Waals surface area contributed by atoms with Crippen molar-refractivity contribution >= 4 is 17.2 Å². The maximum atomic E-state index is 12.2. The first-order valence-electron chi connectivity index (χ1n) is 9.64. The standard InChI is InChI=1S/C25H21NO6/c1-30-20-14-10-18(11-15-20)22(23-6-3-4-8-24(23)31-2)7-5-9-25(27)32-21-16-12-19(13-17-21)26(28)29/h3-17H,1-2H3. The van der Waals surface area contributed by atoms with Crippen LogP contribution in [0.4, 0.5) is 5.69 Å². The Bertz CT molecular complexity index is 1150. The monoisotopic (exact) mass is 431 g/mol. The van der Waals surface area contributed by atoms with Crippen molar-refractivity contribution in [3.8, 4) is 17.2 Å². The number of nitro groups is 1. The van der Waals surface area contributed by atoms with Gasteiger partial charge in [-0.3, -0.25) is 10.1 Å². The Balaban J connectivity index is 1.85. The molecule has 7 nitrogen and oxygen atoms in total. The van der Waals surface area contributed by atoms with E-state index >= 15 is 0 Å². The molecular formula is C25H21NO6. The van der Waals surface area contributed by atoms with E-state index in [1.807, 2.05) is 48.5 Å². The number of carbonyl (C=O) groups excluding carboxylic acids is 1. The first-order valence-corrected chi connectivity index (χ1v) is 9.64. The van der Waals surface area contributed by atoms with Crippen LogP contribution in [0.15, 0.2) is 91.0 Å². The molecular weight excluding hydrogens is 410 g/mol. The molecule has 0 aliphatic heterocycles. The smallest absolute Gasteiger partial charge is 0.336 e. The van der Waals surface area contributed by atoms with Crippen molar-refractivity contribution in [3.63, 3.8) is 0 Å². The predicted octanol–water partition coefficient (Wildman–Crippen LogP) is 5.21. The van der Waals surface area contributed by atoms with Gasteiger partial charge >= 0.3 is 5.97 Å². The van der Waals surface area contributed by atoms with Crippen LogP contribution in [-0.4, -0.2) is 25.1 Å². The second kappa shape index (κ2) is 10.6. The van der Waals surface area contributed by atoms with Crippen LogP contribution >= 0.6 is 0 Å². The molecule has 0 aliphatic rings. The van der Waals surface area contributed by atoms with Gasteiger partial charge in [-0.05, 0) is 41.5 Å². The van der Waals surface area contributed by atoms with Gasteiger partial charge in [0.2, 0.25) is 0 Å². The number of para-hydroxylation sites is 1. The minimum Gasteiger partial charge on any atom is -0.497 e. The van der Waals surface area contributed by atoms with Gasteiger partial charge < -0.3 is 14.2 Å². The normalized spacial score (nSPS) is 11.2. The molecule has 0 saturated carbocycles. The number of benzene rings is 3. The molecule has 3 aromatic carbocycles. The molecule has 0 heterocycles. The van der Waals surface area contributed by atoms with E-state index in [1.165, 1.54) is 30.3 Å². The average Bonchev–Trinajstić information content (AvgIpc) is 2.82. The Morgan fingerprint density at radius 3 is 2.16 bits per heavy atom. The average molecular weight is 431 g/mol. The molecule has 0 spiro atoms. The number of rotatable bonds is 8. The highest BCUT2D eigenvalue weighted by Crippen LogP contribution is 2.32. The molecule has 0 aromatic heterocycles. The van der Waals surface area contributed by atoms with Crippen molar-refractivity contribution in [2.24, 2.45) is 0 Å². The summed E-state index contributed by atoms with van der Waals surface area (Å²) in [7, 11) is 3.20. The summed E-state index contributed by atoms with van der Waals surface area (Å²) in [5.74, 6) is 1.03. The zero-order chi connectivity index (χ0) is 22.9. The van der Waals surface area contributed by atoms with Gasteiger partial charge in [-0.2, -0.15) is 0 Å². The molecule has 7 heteroatoms. The first kappa shape index (κ1) is 22.3. The summed E-state index contributed by atoms with van der Waals surface area (Å²) in [5, 5.41) is 10.7. The predicted molar refractivity (Wildman–Crippen MR) is 121 cm³/mol. The van der Waals surface area contributed by atoms with Crippen LogP contribution in [0.5, 0.6) is 17.2 Å². The number of ether oxygens (including phenoxy) is 3. The number of nitro benzene ring substituents is 1. The van der Waals surface area contributed by atoms with Crippen LogP contribution in [0, 0.1) is 10.1 Å². The fourth-order valence-electron chi connectivity index (χ4n) is 2.99. The molecule has 162 valence electrons. The van der Waals surface area contributed by atoms with Gasteiger partial charge in [0.25, 0.3) is 5.69 Å². The number of allylic oxidation sites excluding steroid dienone is 2. The van der Waals surface area contributed by atoms with E-state index in [9.17, 15) is 14.9 Å². The summed E-state index contributed by atoms with van der Waals surface area (Å²) in [6.45, 7) is 0. The molecule has 0 radical (unpaired) electrons. The number of esters is 1. The SMILES string of the molecule is COc1ccc(C(=CC=CC(=O)Oc2ccc([N+](=O)[O-])cc2)c2ccccc2OC)cc1. The van der Waals surface area contributed by atoms with Crippen molar-refractivity contribution in [3.05, 3.63) is 112 Å². The summed E-state index contributed by atoms with van der Waals surface area (Å²) in [6.07, 6.45) is 4.65. The molecule has 0 amide bonds. The van der Waals surface area contributed by atoms with E-state index in [1.54, 1.807) is 26.4 Å². The van der Waals surface area contributed by atoms with Gasteiger partial charge in [-0.25, -0.2) is 4.79 Å². The highest BCUT2D eigenvalue weighted by Gasteiger charge is 2.11. The van der Waals surface area contributed by atoms with E-state index in [-0.39, 0.29) is 11.4 Å². The molecule has 3 rings (SSSR count).